The van der Waals surface area contributed by atoms with Crippen molar-refractivity contribution in [2.24, 2.45) is 0 Å². The normalized spacial score (nSPS) is 13.4. The third-order valence-electron chi connectivity index (χ3n) is 3.24. The first kappa shape index (κ1) is 16.7. The van der Waals surface area contributed by atoms with Gasteiger partial charge in [-0.05, 0) is 25.0 Å². The number of amides is 2. The maximum Gasteiger partial charge on any atom is 0.261 e. The first-order valence-corrected chi connectivity index (χ1v) is 9.16. The molecule has 1 saturated carbocycles. The zero-order valence-corrected chi connectivity index (χ0v) is 14.6. The molecule has 9 heteroatoms. The molecule has 7 nitrogen and oxygen atoms in total. The van der Waals surface area contributed by atoms with Crippen LogP contribution in [-0.4, -0.2) is 40.9 Å². The van der Waals surface area contributed by atoms with Crippen molar-refractivity contribution in [3.63, 3.8) is 0 Å². The van der Waals surface area contributed by atoms with E-state index in [0.717, 1.165) is 18.0 Å². The average Bonchev–Trinajstić information content (AvgIpc) is 3.29. The van der Waals surface area contributed by atoms with Crippen molar-refractivity contribution in [1.29, 1.82) is 0 Å². The van der Waals surface area contributed by atoms with Crippen LogP contribution in [0.15, 0.2) is 28.6 Å². The van der Waals surface area contributed by atoms with Crippen LogP contribution < -0.4 is 15.4 Å². The zero-order chi connectivity index (χ0) is 16.9. The second-order valence-corrected chi connectivity index (χ2v) is 7.36. The first-order valence-electron chi connectivity index (χ1n) is 7.35. The molecular formula is C15H16N4O3S2. The minimum absolute atomic E-state index is 0.0962. The van der Waals surface area contributed by atoms with Gasteiger partial charge in [-0.15, -0.1) is 10.2 Å². The van der Waals surface area contributed by atoms with Gasteiger partial charge in [0.25, 0.3) is 5.91 Å². The Bertz CT molecular complexity index is 746. The number of anilines is 1. The molecule has 0 spiro atoms. The van der Waals surface area contributed by atoms with Gasteiger partial charge >= 0.3 is 0 Å². The quantitative estimate of drug-likeness (QED) is 0.727. The predicted octanol–water partition coefficient (Wildman–Crippen LogP) is 2.17. The molecule has 1 heterocycles. The largest absolute Gasteiger partial charge is 0.496 e. The van der Waals surface area contributed by atoms with Gasteiger partial charge in [-0.3, -0.25) is 14.9 Å². The fraction of sp³-hybridized carbons (Fsp3) is 0.333. The molecule has 126 valence electrons. The Hall–Kier alpha value is -2.13. The number of rotatable bonds is 7. The van der Waals surface area contributed by atoms with Crippen LogP contribution in [-0.2, 0) is 4.79 Å². The first-order chi connectivity index (χ1) is 11.7. The SMILES string of the molecule is COc1ccccc1C(=O)NC(=O)CSc1nnc(NC2CC2)s1. The third-order valence-corrected chi connectivity index (χ3v) is 5.23. The van der Waals surface area contributed by atoms with Gasteiger partial charge in [-0.1, -0.05) is 35.2 Å². The summed E-state index contributed by atoms with van der Waals surface area (Å²) < 4.78 is 5.81. The molecule has 0 atom stereocenters. The summed E-state index contributed by atoms with van der Waals surface area (Å²) in [7, 11) is 1.48. The number of methoxy groups -OCH3 is 1. The summed E-state index contributed by atoms with van der Waals surface area (Å²) in [6, 6.07) is 7.26. The van der Waals surface area contributed by atoms with Crippen LogP contribution in [0.4, 0.5) is 5.13 Å². The summed E-state index contributed by atoms with van der Waals surface area (Å²) in [5.74, 6) is -0.344. The van der Waals surface area contributed by atoms with Gasteiger partial charge in [0.1, 0.15) is 5.75 Å². The average molecular weight is 364 g/mol. The van der Waals surface area contributed by atoms with Gasteiger partial charge in [0.2, 0.25) is 11.0 Å². The van der Waals surface area contributed by atoms with E-state index in [9.17, 15) is 9.59 Å². The Morgan fingerprint density at radius 2 is 2.12 bits per heavy atom. The van der Waals surface area contributed by atoms with Gasteiger partial charge in [-0.2, -0.15) is 0 Å². The molecule has 2 amide bonds. The van der Waals surface area contributed by atoms with Crippen LogP contribution in [0, 0.1) is 0 Å². The van der Waals surface area contributed by atoms with E-state index >= 15 is 0 Å². The number of benzene rings is 1. The number of imide groups is 1. The number of para-hydroxylation sites is 1. The second-order valence-electron chi connectivity index (χ2n) is 5.16. The summed E-state index contributed by atoms with van der Waals surface area (Å²) in [5.41, 5.74) is 0.324. The molecule has 0 radical (unpaired) electrons. The minimum Gasteiger partial charge on any atom is -0.496 e. The van der Waals surface area contributed by atoms with Crippen molar-refractivity contribution in [3.05, 3.63) is 29.8 Å². The Morgan fingerprint density at radius 1 is 1.33 bits per heavy atom. The summed E-state index contributed by atoms with van der Waals surface area (Å²) >= 11 is 2.66. The molecule has 0 unspecified atom stereocenters. The molecule has 3 rings (SSSR count). The molecular weight excluding hydrogens is 348 g/mol. The molecule has 0 bridgehead atoms. The molecule has 0 aliphatic heterocycles. The molecule has 1 aliphatic rings. The molecule has 1 fully saturated rings. The molecule has 1 aromatic heterocycles. The lowest BCUT2D eigenvalue weighted by molar-refractivity contribution is -0.117. The third kappa shape index (κ3) is 4.45. The van der Waals surface area contributed by atoms with E-state index < -0.39 is 5.91 Å². The van der Waals surface area contributed by atoms with Crippen LogP contribution in [0.2, 0.25) is 0 Å². The fourth-order valence-corrected chi connectivity index (χ4v) is 3.55. The fourth-order valence-electron chi connectivity index (χ4n) is 1.92. The Labute approximate surface area is 147 Å². The number of thioether (sulfide) groups is 1. The van der Waals surface area contributed by atoms with Crippen LogP contribution in [0.1, 0.15) is 23.2 Å². The molecule has 2 N–H and O–H groups in total. The van der Waals surface area contributed by atoms with Crippen LogP contribution in [0.25, 0.3) is 0 Å². The standard InChI is InChI=1S/C15H16N4O3S2/c1-22-11-5-3-2-4-10(11)13(21)17-12(20)8-23-15-19-18-14(24-15)16-9-6-7-9/h2-5,9H,6-8H2,1H3,(H,16,18)(H,17,20,21). The molecule has 1 aromatic carbocycles. The van der Waals surface area contributed by atoms with Gasteiger partial charge in [-0.25, -0.2) is 0 Å². The van der Waals surface area contributed by atoms with Crippen molar-refractivity contribution < 1.29 is 14.3 Å². The number of hydrogen-bond acceptors (Lipinski definition) is 8. The van der Waals surface area contributed by atoms with E-state index in [2.05, 4.69) is 20.8 Å². The molecule has 24 heavy (non-hydrogen) atoms. The number of aromatic nitrogens is 2. The summed E-state index contributed by atoms with van der Waals surface area (Å²) in [6.07, 6.45) is 2.32. The topological polar surface area (TPSA) is 93.2 Å². The van der Waals surface area contributed by atoms with Crippen molar-refractivity contribution >= 4 is 40.0 Å². The van der Waals surface area contributed by atoms with E-state index in [4.69, 9.17) is 4.74 Å². The number of carbonyl (C=O) groups is 2. The van der Waals surface area contributed by atoms with Crippen LogP contribution >= 0.6 is 23.1 Å². The van der Waals surface area contributed by atoms with E-state index in [1.165, 1.54) is 30.2 Å². The number of carbonyl (C=O) groups excluding carboxylic acids is 2. The van der Waals surface area contributed by atoms with Crippen molar-refractivity contribution in [3.8, 4) is 5.75 Å². The molecule has 2 aromatic rings. The van der Waals surface area contributed by atoms with E-state index in [1.807, 2.05) is 0 Å². The van der Waals surface area contributed by atoms with Crippen LogP contribution in [0.3, 0.4) is 0 Å². The monoisotopic (exact) mass is 364 g/mol. The lowest BCUT2D eigenvalue weighted by atomic mass is 10.2. The second kappa shape index (κ2) is 7.63. The number of ether oxygens (including phenoxy) is 1. The molecule has 0 saturated heterocycles. The number of nitrogens with one attached hydrogen (secondary N) is 2. The summed E-state index contributed by atoms with van der Waals surface area (Å²) in [6.45, 7) is 0. The van der Waals surface area contributed by atoms with Gasteiger partial charge < -0.3 is 10.1 Å². The van der Waals surface area contributed by atoms with Crippen molar-refractivity contribution in [2.45, 2.75) is 23.2 Å². The van der Waals surface area contributed by atoms with E-state index in [0.29, 0.717) is 21.7 Å². The summed E-state index contributed by atoms with van der Waals surface area (Å²) in [4.78, 5) is 24.1. The smallest absolute Gasteiger partial charge is 0.261 e. The van der Waals surface area contributed by atoms with E-state index in [1.54, 1.807) is 24.3 Å². The zero-order valence-electron chi connectivity index (χ0n) is 12.9. The Morgan fingerprint density at radius 3 is 2.88 bits per heavy atom. The van der Waals surface area contributed by atoms with Crippen molar-refractivity contribution in [2.75, 3.05) is 18.2 Å². The van der Waals surface area contributed by atoms with E-state index in [-0.39, 0.29) is 11.7 Å². The Kier molecular flexibility index (Phi) is 5.31. The highest BCUT2D eigenvalue weighted by atomic mass is 32.2. The maximum absolute atomic E-state index is 12.1. The highest BCUT2D eigenvalue weighted by Gasteiger charge is 2.22. The highest BCUT2D eigenvalue weighted by molar-refractivity contribution is 8.01. The maximum atomic E-state index is 12.1. The summed E-state index contributed by atoms with van der Waals surface area (Å²) in [5, 5.41) is 14.4. The predicted molar refractivity (Wildman–Crippen MR) is 92.7 cm³/mol. The Balaban J connectivity index is 1.49. The van der Waals surface area contributed by atoms with Crippen LogP contribution in [0.5, 0.6) is 5.75 Å². The highest BCUT2D eigenvalue weighted by Crippen LogP contribution is 2.30. The van der Waals surface area contributed by atoms with Gasteiger partial charge in [0, 0.05) is 6.04 Å². The van der Waals surface area contributed by atoms with Gasteiger partial charge in [0.05, 0.1) is 18.4 Å². The number of nitrogens with zero attached hydrogens (tertiary/aromatic N) is 2. The number of hydrogen-bond donors (Lipinski definition) is 2. The lowest BCUT2D eigenvalue weighted by Gasteiger charge is -2.07. The minimum atomic E-state index is -0.480. The van der Waals surface area contributed by atoms with Gasteiger partial charge in [0.15, 0.2) is 4.34 Å². The molecule has 1 aliphatic carbocycles. The lowest BCUT2D eigenvalue weighted by Crippen LogP contribution is -2.32. The van der Waals surface area contributed by atoms with Crippen molar-refractivity contribution in [1.82, 2.24) is 15.5 Å².